The van der Waals surface area contributed by atoms with Crippen molar-refractivity contribution in [2.45, 2.75) is 19.3 Å². The van der Waals surface area contributed by atoms with Gasteiger partial charge < -0.3 is 10.4 Å². The van der Waals surface area contributed by atoms with Gasteiger partial charge in [0.1, 0.15) is 0 Å². The summed E-state index contributed by atoms with van der Waals surface area (Å²) in [6.07, 6.45) is 1.49. The normalized spacial score (nSPS) is 11.8. The molecule has 0 radical (unpaired) electrons. The zero-order valence-electron chi connectivity index (χ0n) is 10.7. The molecule has 2 aromatic rings. The number of aromatic nitrogens is 2. The highest BCUT2D eigenvalue weighted by molar-refractivity contribution is 6.99. The summed E-state index contributed by atoms with van der Waals surface area (Å²) in [5.41, 5.74) is 1.83. The maximum atomic E-state index is 11.8. The summed E-state index contributed by atoms with van der Waals surface area (Å²) in [6.45, 7) is 1.85. The van der Waals surface area contributed by atoms with Crippen LogP contribution in [-0.2, 0) is 4.79 Å². The zero-order chi connectivity index (χ0) is 14.5. The SMILES string of the molecule is CC(CC(=O)O)c1ccc(NC(=O)c2cnsn2)cc1. The average Bonchev–Trinajstić information content (AvgIpc) is 2.92. The summed E-state index contributed by atoms with van der Waals surface area (Å²) in [5, 5.41) is 11.5. The van der Waals surface area contributed by atoms with Crippen molar-refractivity contribution in [2.75, 3.05) is 5.32 Å². The Kier molecular flexibility index (Phi) is 4.41. The summed E-state index contributed by atoms with van der Waals surface area (Å²) in [5.74, 6) is -1.21. The third kappa shape index (κ3) is 3.61. The number of hydrogen-bond donors (Lipinski definition) is 2. The topological polar surface area (TPSA) is 92.2 Å². The smallest absolute Gasteiger partial charge is 0.303 e. The van der Waals surface area contributed by atoms with Gasteiger partial charge >= 0.3 is 5.97 Å². The molecule has 1 aromatic carbocycles. The van der Waals surface area contributed by atoms with Gasteiger partial charge in [-0.05, 0) is 23.6 Å². The number of hydrogen-bond acceptors (Lipinski definition) is 5. The van der Waals surface area contributed by atoms with Gasteiger partial charge in [0.2, 0.25) is 0 Å². The lowest BCUT2D eigenvalue weighted by Crippen LogP contribution is -2.12. The summed E-state index contributed by atoms with van der Waals surface area (Å²) in [4.78, 5) is 22.4. The predicted molar refractivity (Wildman–Crippen MR) is 75.0 cm³/mol. The number of nitrogens with one attached hydrogen (secondary N) is 1. The molecule has 7 heteroatoms. The number of carbonyl (C=O) groups excluding carboxylic acids is 1. The minimum atomic E-state index is -0.828. The minimum Gasteiger partial charge on any atom is -0.481 e. The first-order valence-corrected chi connectivity index (χ1v) is 6.70. The lowest BCUT2D eigenvalue weighted by atomic mass is 9.98. The molecule has 2 rings (SSSR count). The highest BCUT2D eigenvalue weighted by atomic mass is 32.1. The summed E-state index contributed by atoms with van der Waals surface area (Å²) < 4.78 is 7.61. The number of carboxylic acids is 1. The fraction of sp³-hybridized carbons (Fsp3) is 0.231. The quantitative estimate of drug-likeness (QED) is 0.882. The number of amides is 1. The molecule has 0 aliphatic rings. The number of carboxylic acid groups (broad SMARTS) is 1. The van der Waals surface area contributed by atoms with E-state index < -0.39 is 5.97 Å². The Hall–Kier alpha value is -2.28. The van der Waals surface area contributed by atoms with Gasteiger partial charge in [0.15, 0.2) is 5.69 Å². The molecule has 0 saturated carbocycles. The van der Waals surface area contributed by atoms with Crippen LogP contribution in [0, 0.1) is 0 Å². The first-order chi connectivity index (χ1) is 9.56. The fourth-order valence-electron chi connectivity index (χ4n) is 1.73. The second-order valence-corrected chi connectivity index (χ2v) is 4.92. The molecule has 0 spiro atoms. The Morgan fingerprint density at radius 3 is 2.60 bits per heavy atom. The van der Waals surface area contributed by atoms with E-state index in [4.69, 9.17) is 5.11 Å². The largest absolute Gasteiger partial charge is 0.481 e. The highest BCUT2D eigenvalue weighted by Crippen LogP contribution is 2.21. The van der Waals surface area contributed by atoms with Crippen LogP contribution in [0.15, 0.2) is 30.5 Å². The number of carbonyl (C=O) groups is 2. The first-order valence-electron chi connectivity index (χ1n) is 5.97. The molecule has 0 saturated heterocycles. The van der Waals surface area contributed by atoms with Crippen molar-refractivity contribution in [3.8, 4) is 0 Å². The van der Waals surface area contributed by atoms with Crippen LogP contribution in [0.2, 0.25) is 0 Å². The molecule has 6 nitrogen and oxygen atoms in total. The van der Waals surface area contributed by atoms with Gasteiger partial charge in [0.25, 0.3) is 5.91 Å². The molecule has 104 valence electrons. The van der Waals surface area contributed by atoms with Crippen molar-refractivity contribution in [2.24, 2.45) is 0 Å². The standard InChI is InChI=1S/C13H13N3O3S/c1-8(6-12(17)18)9-2-4-10(5-3-9)15-13(19)11-7-14-20-16-11/h2-5,7-8H,6H2,1H3,(H,15,19)(H,17,18). The molecular weight excluding hydrogens is 278 g/mol. The fourth-order valence-corrected chi connectivity index (χ4v) is 2.15. The zero-order valence-corrected chi connectivity index (χ0v) is 11.6. The van der Waals surface area contributed by atoms with Crippen LogP contribution in [-0.4, -0.2) is 25.7 Å². The van der Waals surface area contributed by atoms with Gasteiger partial charge in [-0.25, -0.2) is 0 Å². The van der Waals surface area contributed by atoms with Crippen LogP contribution in [0.3, 0.4) is 0 Å². The van der Waals surface area contributed by atoms with E-state index in [-0.39, 0.29) is 23.9 Å². The van der Waals surface area contributed by atoms with Crippen LogP contribution in [0.1, 0.15) is 35.3 Å². The maximum absolute atomic E-state index is 11.8. The minimum absolute atomic E-state index is 0.0695. The lowest BCUT2D eigenvalue weighted by Gasteiger charge is -2.10. The molecule has 1 heterocycles. The Labute approximate surface area is 119 Å². The van der Waals surface area contributed by atoms with Gasteiger partial charge in [0.05, 0.1) is 24.3 Å². The summed E-state index contributed by atoms with van der Waals surface area (Å²) in [7, 11) is 0. The van der Waals surface area contributed by atoms with Crippen molar-refractivity contribution >= 4 is 29.3 Å². The molecule has 1 atom stereocenters. The first kappa shape index (κ1) is 14.1. The Balaban J connectivity index is 2.01. The summed E-state index contributed by atoms with van der Waals surface area (Å²) in [6, 6.07) is 7.10. The van der Waals surface area contributed by atoms with Gasteiger partial charge in [-0.1, -0.05) is 19.1 Å². The highest BCUT2D eigenvalue weighted by Gasteiger charge is 2.11. The molecule has 20 heavy (non-hydrogen) atoms. The third-order valence-electron chi connectivity index (χ3n) is 2.81. The molecule has 0 aliphatic heterocycles. The Morgan fingerprint density at radius 1 is 1.35 bits per heavy atom. The molecule has 1 unspecified atom stereocenters. The molecule has 0 fully saturated rings. The van der Waals surface area contributed by atoms with Gasteiger partial charge in [-0.3, -0.25) is 9.59 Å². The van der Waals surface area contributed by atoms with E-state index in [1.54, 1.807) is 12.1 Å². The number of benzene rings is 1. The second-order valence-electron chi connectivity index (χ2n) is 4.37. The van der Waals surface area contributed by atoms with Crippen LogP contribution in [0.25, 0.3) is 0 Å². The molecule has 0 aliphatic carbocycles. The van der Waals surface area contributed by atoms with Crippen LogP contribution in [0.4, 0.5) is 5.69 Å². The Bertz CT molecular complexity index is 596. The monoisotopic (exact) mass is 291 g/mol. The molecule has 1 amide bonds. The van der Waals surface area contributed by atoms with E-state index in [2.05, 4.69) is 14.1 Å². The molecule has 2 N–H and O–H groups in total. The van der Waals surface area contributed by atoms with Crippen LogP contribution in [0.5, 0.6) is 0 Å². The number of nitrogens with zero attached hydrogens (tertiary/aromatic N) is 2. The van der Waals surface area contributed by atoms with Gasteiger partial charge in [-0.2, -0.15) is 8.75 Å². The predicted octanol–water partition coefficient (Wildman–Crippen LogP) is 2.37. The Morgan fingerprint density at radius 2 is 2.05 bits per heavy atom. The van der Waals surface area contributed by atoms with E-state index >= 15 is 0 Å². The number of aliphatic carboxylic acids is 1. The van der Waals surface area contributed by atoms with E-state index in [1.165, 1.54) is 6.20 Å². The van der Waals surface area contributed by atoms with Crippen molar-refractivity contribution in [3.63, 3.8) is 0 Å². The maximum Gasteiger partial charge on any atom is 0.303 e. The van der Waals surface area contributed by atoms with E-state index in [0.717, 1.165) is 17.3 Å². The van der Waals surface area contributed by atoms with Gasteiger partial charge in [0, 0.05) is 5.69 Å². The third-order valence-corrected chi connectivity index (χ3v) is 3.29. The average molecular weight is 291 g/mol. The van der Waals surface area contributed by atoms with Crippen molar-refractivity contribution < 1.29 is 14.7 Å². The van der Waals surface area contributed by atoms with Crippen LogP contribution >= 0.6 is 11.7 Å². The van der Waals surface area contributed by atoms with Crippen molar-refractivity contribution in [1.29, 1.82) is 0 Å². The van der Waals surface area contributed by atoms with Gasteiger partial charge in [-0.15, -0.1) is 0 Å². The number of rotatable bonds is 5. The van der Waals surface area contributed by atoms with E-state index in [1.807, 2.05) is 19.1 Å². The molecule has 1 aromatic heterocycles. The van der Waals surface area contributed by atoms with E-state index in [9.17, 15) is 9.59 Å². The van der Waals surface area contributed by atoms with E-state index in [0.29, 0.717) is 5.69 Å². The summed E-state index contributed by atoms with van der Waals surface area (Å²) >= 11 is 0.974. The number of anilines is 1. The molecule has 0 bridgehead atoms. The molecular formula is C13H13N3O3S. The van der Waals surface area contributed by atoms with Crippen molar-refractivity contribution in [3.05, 3.63) is 41.7 Å². The van der Waals surface area contributed by atoms with Crippen molar-refractivity contribution in [1.82, 2.24) is 8.75 Å². The second kappa shape index (κ2) is 6.25. The lowest BCUT2D eigenvalue weighted by molar-refractivity contribution is -0.137. The van der Waals surface area contributed by atoms with Crippen LogP contribution < -0.4 is 5.32 Å².